The molecule has 0 atom stereocenters. The summed E-state index contributed by atoms with van der Waals surface area (Å²) in [4.78, 5) is 10.2. The summed E-state index contributed by atoms with van der Waals surface area (Å²) in [6, 6.07) is 0. The third-order valence-corrected chi connectivity index (χ3v) is 2.41. The number of hydrogen-bond donors (Lipinski definition) is 0. The Hall–Kier alpha value is -1.89. The Morgan fingerprint density at radius 2 is 1.65 bits per heavy atom. The Kier molecular flexibility index (Phi) is 5.73. The molecule has 1 aliphatic rings. The summed E-state index contributed by atoms with van der Waals surface area (Å²) in [5.41, 5.74) is 2.14. The van der Waals surface area contributed by atoms with Gasteiger partial charge < -0.3 is 0 Å². The topological polar surface area (TPSA) is 17.1 Å². The molecule has 1 aliphatic carbocycles. The van der Waals surface area contributed by atoms with E-state index in [1.165, 1.54) is 5.57 Å². The summed E-state index contributed by atoms with van der Waals surface area (Å²) in [5, 5.41) is 0. The highest BCUT2D eigenvalue weighted by molar-refractivity contribution is 5.66. The highest BCUT2D eigenvalue weighted by Crippen LogP contribution is 2.11. The van der Waals surface area contributed by atoms with Crippen molar-refractivity contribution in [2.45, 2.75) is 13.8 Å². The van der Waals surface area contributed by atoms with Gasteiger partial charge in [-0.2, -0.15) is 0 Å². The number of allylic oxidation sites excluding steroid dienone is 12. The molecular formula is C16H18O. The second-order valence-corrected chi connectivity index (χ2v) is 4.02. The Morgan fingerprint density at radius 3 is 2.29 bits per heavy atom. The van der Waals surface area contributed by atoms with Gasteiger partial charge in [-0.3, -0.25) is 4.79 Å². The molecule has 0 aromatic carbocycles. The van der Waals surface area contributed by atoms with Crippen molar-refractivity contribution in [1.29, 1.82) is 0 Å². The van der Waals surface area contributed by atoms with Crippen LogP contribution < -0.4 is 0 Å². The maximum Gasteiger partial charge on any atom is 0.143 e. The fourth-order valence-corrected chi connectivity index (χ4v) is 1.41. The van der Waals surface area contributed by atoms with Gasteiger partial charge in [-0.05, 0) is 25.5 Å². The van der Waals surface area contributed by atoms with Crippen LogP contribution in [0.1, 0.15) is 13.8 Å². The first-order valence-electron chi connectivity index (χ1n) is 5.72. The van der Waals surface area contributed by atoms with Gasteiger partial charge in [-0.25, -0.2) is 0 Å². The lowest BCUT2D eigenvalue weighted by atomic mass is 10.1. The molecule has 0 heterocycles. The maximum atomic E-state index is 10.2. The SMILES string of the molecule is CC(C=CC=C(C)C=CC1C=CC=C1)=CC=O. The standard InChI is InChI=1S/C16H18O/c1-14(6-5-7-15(2)12-13-17)10-11-16-8-3-4-9-16/h3-13,16H,1-2H3. The van der Waals surface area contributed by atoms with Crippen LogP contribution in [-0.2, 0) is 4.79 Å². The highest BCUT2D eigenvalue weighted by atomic mass is 16.1. The molecule has 0 bridgehead atoms. The van der Waals surface area contributed by atoms with E-state index in [4.69, 9.17) is 0 Å². The van der Waals surface area contributed by atoms with Crippen LogP contribution in [0.2, 0.25) is 0 Å². The van der Waals surface area contributed by atoms with E-state index < -0.39 is 0 Å². The van der Waals surface area contributed by atoms with Crippen molar-refractivity contribution in [3.8, 4) is 0 Å². The lowest BCUT2D eigenvalue weighted by Crippen LogP contribution is -1.80. The molecule has 0 aromatic heterocycles. The average molecular weight is 226 g/mol. The minimum Gasteiger partial charge on any atom is -0.299 e. The zero-order valence-corrected chi connectivity index (χ0v) is 10.3. The van der Waals surface area contributed by atoms with E-state index in [0.29, 0.717) is 5.92 Å². The van der Waals surface area contributed by atoms with Gasteiger partial charge in [0.05, 0.1) is 0 Å². The largest absolute Gasteiger partial charge is 0.299 e. The molecule has 0 aliphatic heterocycles. The van der Waals surface area contributed by atoms with E-state index in [1.54, 1.807) is 6.08 Å². The number of carbonyl (C=O) groups is 1. The monoisotopic (exact) mass is 226 g/mol. The smallest absolute Gasteiger partial charge is 0.143 e. The third kappa shape index (κ3) is 5.67. The molecule has 17 heavy (non-hydrogen) atoms. The zero-order valence-electron chi connectivity index (χ0n) is 10.3. The van der Waals surface area contributed by atoms with Crippen molar-refractivity contribution >= 4 is 6.29 Å². The van der Waals surface area contributed by atoms with Crippen molar-refractivity contribution in [2.75, 3.05) is 0 Å². The van der Waals surface area contributed by atoms with Gasteiger partial charge in [0.2, 0.25) is 0 Å². The number of hydrogen-bond acceptors (Lipinski definition) is 1. The van der Waals surface area contributed by atoms with Crippen LogP contribution >= 0.6 is 0 Å². The predicted molar refractivity (Wildman–Crippen MR) is 73.6 cm³/mol. The summed E-state index contributed by atoms with van der Waals surface area (Å²) >= 11 is 0. The Morgan fingerprint density at radius 1 is 1.00 bits per heavy atom. The minimum absolute atomic E-state index is 0.430. The van der Waals surface area contributed by atoms with Gasteiger partial charge in [0.25, 0.3) is 0 Å². The van der Waals surface area contributed by atoms with Gasteiger partial charge in [-0.1, -0.05) is 60.3 Å². The van der Waals surface area contributed by atoms with E-state index >= 15 is 0 Å². The molecule has 0 spiro atoms. The molecule has 88 valence electrons. The second kappa shape index (κ2) is 7.39. The summed E-state index contributed by atoms with van der Waals surface area (Å²) in [7, 11) is 0. The van der Waals surface area contributed by atoms with E-state index in [2.05, 4.69) is 43.4 Å². The number of carbonyl (C=O) groups excluding carboxylic acids is 1. The van der Waals surface area contributed by atoms with Crippen molar-refractivity contribution in [3.05, 3.63) is 71.9 Å². The molecule has 0 N–H and O–H groups in total. The molecule has 0 aromatic rings. The average Bonchev–Trinajstić information content (AvgIpc) is 2.79. The third-order valence-electron chi connectivity index (χ3n) is 2.41. The van der Waals surface area contributed by atoms with Crippen LogP contribution in [0.4, 0.5) is 0 Å². The van der Waals surface area contributed by atoms with Gasteiger partial charge >= 0.3 is 0 Å². The van der Waals surface area contributed by atoms with Crippen LogP contribution in [0.3, 0.4) is 0 Å². The minimum atomic E-state index is 0.430. The summed E-state index contributed by atoms with van der Waals surface area (Å²) in [6.07, 6.45) is 20.9. The Bertz CT molecular complexity index is 416. The highest BCUT2D eigenvalue weighted by Gasteiger charge is 1.96. The Balaban J connectivity index is 2.49. The van der Waals surface area contributed by atoms with Crippen LogP contribution in [0.5, 0.6) is 0 Å². The molecule has 1 rings (SSSR count). The lowest BCUT2D eigenvalue weighted by molar-refractivity contribution is -0.104. The lowest BCUT2D eigenvalue weighted by Gasteiger charge is -1.95. The van der Waals surface area contributed by atoms with Gasteiger partial charge in [0, 0.05) is 5.92 Å². The molecule has 0 unspecified atom stereocenters. The Labute approximate surface area is 103 Å². The van der Waals surface area contributed by atoms with Crippen molar-refractivity contribution < 1.29 is 4.79 Å². The molecule has 0 fully saturated rings. The summed E-state index contributed by atoms with van der Waals surface area (Å²) in [5.74, 6) is 0.430. The molecule has 1 heteroatoms. The number of aldehydes is 1. The molecule has 0 radical (unpaired) electrons. The summed E-state index contributed by atoms with van der Waals surface area (Å²) < 4.78 is 0. The van der Waals surface area contributed by atoms with Gasteiger partial charge in [0.1, 0.15) is 6.29 Å². The van der Waals surface area contributed by atoms with Gasteiger partial charge in [-0.15, -0.1) is 0 Å². The fraction of sp³-hybridized carbons (Fsp3) is 0.188. The van der Waals surface area contributed by atoms with E-state index in [-0.39, 0.29) is 0 Å². The second-order valence-electron chi connectivity index (χ2n) is 4.02. The maximum absolute atomic E-state index is 10.2. The number of rotatable bonds is 5. The quantitative estimate of drug-likeness (QED) is 0.394. The zero-order chi connectivity index (χ0) is 12.5. The molecule has 1 nitrogen and oxygen atoms in total. The van der Waals surface area contributed by atoms with Crippen molar-refractivity contribution in [3.63, 3.8) is 0 Å². The van der Waals surface area contributed by atoms with Crippen LogP contribution in [0.25, 0.3) is 0 Å². The first-order valence-corrected chi connectivity index (χ1v) is 5.72. The van der Waals surface area contributed by atoms with E-state index in [0.717, 1.165) is 11.9 Å². The first kappa shape index (κ1) is 13.2. The predicted octanol–water partition coefficient (Wildman–Crippen LogP) is 3.93. The molecule has 0 saturated carbocycles. The van der Waals surface area contributed by atoms with Crippen LogP contribution in [0.15, 0.2) is 71.9 Å². The van der Waals surface area contributed by atoms with Crippen LogP contribution in [0, 0.1) is 5.92 Å². The fourth-order valence-electron chi connectivity index (χ4n) is 1.41. The van der Waals surface area contributed by atoms with Crippen molar-refractivity contribution in [1.82, 2.24) is 0 Å². The van der Waals surface area contributed by atoms with Crippen molar-refractivity contribution in [2.24, 2.45) is 5.92 Å². The van der Waals surface area contributed by atoms with E-state index in [9.17, 15) is 4.79 Å². The van der Waals surface area contributed by atoms with Gasteiger partial charge in [0.15, 0.2) is 0 Å². The normalized spacial score (nSPS) is 17.8. The first-order chi connectivity index (χ1) is 8.22. The van der Waals surface area contributed by atoms with Crippen LogP contribution in [-0.4, -0.2) is 6.29 Å². The van der Waals surface area contributed by atoms with E-state index in [1.807, 2.05) is 25.2 Å². The summed E-state index contributed by atoms with van der Waals surface area (Å²) in [6.45, 7) is 3.96. The molecular weight excluding hydrogens is 208 g/mol. The molecule has 0 saturated heterocycles. The molecule has 0 amide bonds.